The lowest BCUT2D eigenvalue weighted by Crippen LogP contribution is -2.28. The molecule has 0 N–H and O–H groups in total. The third-order valence-corrected chi connectivity index (χ3v) is 5.38. The van der Waals surface area contributed by atoms with Crippen LogP contribution in [0.25, 0.3) is 0 Å². The van der Waals surface area contributed by atoms with Crippen LogP contribution in [-0.2, 0) is 14.3 Å². The van der Waals surface area contributed by atoms with E-state index in [-0.39, 0.29) is 5.57 Å². The minimum atomic E-state index is -1.00. The Morgan fingerprint density at radius 3 is 2.55 bits per heavy atom. The van der Waals surface area contributed by atoms with Crippen LogP contribution in [0.3, 0.4) is 0 Å². The number of carbonyl (C=O) groups is 2. The van der Waals surface area contributed by atoms with Crippen molar-refractivity contribution in [1.29, 1.82) is 5.26 Å². The lowest BCUT2D eigenvalue weighted by atomic mass is 10.2. The van der Waals surface area contributed by atoms with Crippen molar-refractivity contribution in [3.8, 4) is 11.8 Å². The van der Waals surface area contributed by atoms with Gasteiger partial charge in [-0.2, -0.15) is 5.26 Å². The molecule has 0 unspecified atom stereocenters. The number of hydrogen-bond donors (Lipinski definition) is 0. The molecule has 1 aliphatic heterocycles. The van der Waals surface area contributed by atoms with E-state index in [1.165, 1.54) is 43.0 Å². The first kappa shape index (κ1) is 20.4. The van der Waals surface area contributed by atoms with Crippen LogP contribution in [0.2, 0.25) is 0 Å². The number of halogens is 1. The van der Waals surface area contributed by atoms with Crippen molar-refractivity contribution in [2.24, 2.45) is 0 Å². The fourth-order valence-corrected chi connectivity index (χ4v) is 3.80. The van der Waals surface area contributed by atoms with Gasteiger partial charge in [0, 0.05) is 11.9 Å². The van der Waals surface area contributed by atoms with Crippen LogP contribution in [0.5, 0.6) is 5.75 Å². The summed E-state index contributed by atoms with van der Waals surface area (Å²) in [7, 11) is 1.77. The third kappa shape index (κ3) is 4.58. The molecule has 1 aliphatic rings. The SMILES string of the molecule is C[C@H](Oc1ccc(F)cc1)C(=O)OCC(=O)/C(C#N)=C1\Sc2ccccc2N1C. The Morgan fingerprint density at radius 1 is 1.21 bits per heavy atom. The highest BCUT2D eigenvalue weighted by atomic mass is 32.2. The van der Waals surface area contributed by atoms with Crippen molar-refractivity contribution >= 4 is 29.2 Å². The Morgan fingerprint density at radius 2 is 1.90 bits per heavy atom. The van der Waals surface area contributed by atoms with E-state index < -0.39 is 30.3 Å². The zero-order valence-electron chi connectivity index (χ0n) is 15.7. The average Bonchev–Trinajstić information content (AvgIpc) is 3.05. The minimum absolute atomic E-state index is 0.0754. The van der Waals surface area contributed by atoms with Gasteiger partial charge in [-0.1, -0.05) is 23.9 Å². The van der Waals surface area contributed by atoms with Gasteiger partial charge in [0.15, 0.2) is 12.7 Å². The number of esters is 1. The van der Waals surface area contributed by atoms with E-state index in [9.17, 15) is 19.2 Å². The number of ketones is 1. The molecule has 0 saturated heterocycles. The number of anilines is 1. The van der Waals surface area contributed by atoms with Gasteiger partial charge in [0.2, 0.25) is 5.78 Å². The standard InChI is InChI=1S/C21H17FN2O4S/c1-13(28-15-9-7-14(22)8-10-15)21(26)27-12-18(25)16(11-23)20-24(2)17-5-3-4-6-19(17)29-20/h3-10,13H,12H2,1-2H3/b20-16-/t13-/m0/s1. The summed E-state index contributed by atoms with van der Waals surface area (Å²) in [6, 6.07) is 14.6. The van der Waals surface area contributed by atoms with E-state index in [0.29, 0.717) is 10.8 Å². The van der Waals surface area contributed by atoms with Crippen molar-refractivity contribution in [3.63, 3.8) is 0 Å². The Hall–Kier alpha value is -3.31. The summed E-state index contributed by atoms with van der Waals surface area (Å²) >= 11 is 1.32. The third-order valence-electron chi connectivity index (χ3n) is 4.15. The molecule has 0 radical (unpaired) electrons. The molecule has 29 heavy (non-hydrogen) atoms. The van der Waals surface area contributed by atoms with Crippen molar-refractivity contribution in [1.82, 2.24) is 0 Å². The topological polar surface area (TPSA) is 79.6 Å². The Kier molecular flexibility index (Phi) is 6.20. The van der Waals surface area contributed by atoms with E-state index in [2.05, 4.69) is 0 Å². The van der Waals surface area contributed by atoms with Crippen molar-refractivity contribution in [2.75, 3.05) is 18.6 Å². The van der Waals surface area contributed by atoms with Gasteiger partial charge < -0.3 is 14.4 Å². The number of nitriles is 1. The number of ether oxygens (including phenoxy) is 2. The van der Waals surface area contributed by atoms with E-state index in [1.54, 1.807) is 11.9 Å². The maximum absolute atomic E-state index is 12.9. The van der Waals surface area contributed by atoms with Crippen molar-refractivity contribution in [2.45, 2.75) is 17.9 Å². The predicted octanol–water partition coefficient (Wildman–Crippen LogP) is 3.68. The highest BCUT2D eigenvalue weighted by Gasteiger charge is 2.28. The molecule has 0 fully saturated rings. The van der Waals surface area contributed by atoms with Gasteiger partial charge in [0.1, 0.15) is 28.2 Å². The number of Topliss-reactive ketones (excluding diaryl/α,β-unsaturated/α-hetero) is 1. The van der Waals surface area contributed by atoms with E-state index >= 15 is 0 Å². The smallest absolute Gasteiger partial charge is 0.347 e. The largest absolute Gasteiger partial charge is 0.479 e. The first-order valence-corrected chi connectivity index (χ1v) is 9.49. The summed E-state index contributed by atoms with van der Waals surface area (Å²) in [6.07, 6.45) is -1.00. The molecule has 0 spiro atoms. The molecule has 0 aliphatic carbocycles. The molecule has 0 amide bonds. The molecule has 0 bridgehead atoms. The molecule has 2 aromatic carbocycles. The average molecular weight is 412 g/mol. The fourth-order valence-electron chi connectivity index (χ4n) is 2.64. The van der Waals surface area contributed by atoms with Crippen LogP contribution < -0.4 is 9.64 Å². The van der Waals surface area contributed by atoms with Crippen molar-refractivity contribution in [3.05, 3.63) is 65.0 Å². The highest BCUT2D eigenvalue weighted by Crippen LogP contribution is 2.46. The second-order valence-corrected chi connectivity index (χ2v) is 7.20. The summed E-state index contributed by atoms with van der Waals surface area (Å²) < 4.78 is 23.3. The Balaban J connectivity index is 1.63. The Labute approximate surface area is 171 Å². The van der Waals surface area contributed by atoms with E-state index in [4.69, 9.17) is 9.47 Å². The maximum Gasteiger partial charge on any atom is 0.347 e. The summed E-state index contributed by atoms with van der Waals surface area (Å²) in [5, 5.41) is 9.97. The first-order chi connectivity index (χ1) is 13.9. The molecule has 1 atom stereocenters. The molecular formula is C21H17FN2O4S. The van der Waals surface area contributed by atoms with Crippen LogP contribution in [0, 0.1) is 17.1 Å². The fraction of sp³-hybridized carbons (Fsp3) is 0.190. The lowest BCUT2D eigenvalue weighted by Gasteiger charge is -2.15. The predicted molar refractivity (Wildman–Crippen MR) is 106 cm³/mol. The van der Waals surface area contributed by atoms with Gasteiger partial charge in [-0.15, -0.1) is 0 Å². The number of para-hydroxylation sites is 1. The summed E-state index contributed by atoms with van der Waals surface area (Å²) in [5.41, 5.74) is 0.819. The van der Waals surface area contributed by atoms with Gasteiger partial charge in [-0.05, 0) is 43.3 Å². The van der Waals surface area contributed by atoms with Gasteiger partial charge in [0.25, 0.3) is 0 Å². The molecule has 0 saturated carbocycles. The molecular weight excluding hydrogens is 395 g/mol. The normalized spacial score (nSPS) is 15.2. The highest BCUT2D eigenvalue weighted by molar-refractivity contribution is 8.03. The number of benzene rings is 2. The molecule has 2 aromatic rings. The number of rotatable bonds is 6. The van der Waals surface area contributed by atoms with Gasteiger partial charge in [-0.25, -0.2) is 9.18 Å². The number of carbonyl (C=O) groups excluding carboxylic acids is 2. The van der Waals surface area contributed by atoms with E-state index in [1.807, 2.05) is 30.3 Å². The maximum atomic E-state index is 12.9. The molecule has 8 heteroatoms. The number of hydrogen-bond acceptors (Lipinski definition) is 7. The number of thioether (sulfide) groups is 1. The molecule has 3 rings (SSSR count). The van der Waals surface area contributed by atoms with Gasteiger partial charge in [-0.3, -0.25) is 4.79 Å². The second-order valence-electron chi connectivity index (χ2n) is 6.17. The van der Waals surface area contributed by atoms with Crippen LogP contribution in [-0.4, -0.2) is 31.5 Å². The summed E-state index contributed by atoms with van der Waals surface area (Å²) in [4.78, 5) is 27.3. The van der Waals surface area contributed by atoms with Crippen LogP contribution in [0.1, 0.15) is 6.92 Å². The second kappa shape index (κ2) is 8.80. The molecule has 6 nitrogen and oxygen atoms in total. The van der Waals surface area contributed by atoms with Crippen LogP contribution in [0.15, 0.2) is 64.0 Å². The van der Waals surface area contributed by atoms with Gasteiger partial charge >= 0.3 is 5.97 Å². The number of fused-ring (bicyclic) bond motifs is 1. The summed E-state index contributed by atoms with van der Waals surface area (Å²) in [6.45, 7) is 0.879. The lowest BCUT2D eigenvalue weighted by molar-refractivity contribution is -0.153. The Bertz CT molecular complexity index is 1010. The van der Waals surface area contributed by atoms with Crippen LogP contribution in [0.4, 0.5) is 10.1 Å². The van der Waals surface area contributed by atoms with Gasteiger partial charge in [0.05, 0.1) is 5.69 Å². The molecule has 148 valence electrons. The van der Waals surface area contributed by atoms with Crippen LogP contribution >= 0.6 is 11.8 Å². The minimum Gasteiger partial charge on any atom is -0.479 e. The van der Waals surface area contributed by atoms with Crippen molar-refractivity contribution < 1.29 is 23.5 Å². The van der Waals surface area contributed by atoms with E-state index in [0.717, 1.165) is 10.6 Å². The zero-order chi connectivity index (χ0) is 21.0. The first-order valence-electron chi connectivity index (χ1n) is 8.67. The summed E-state index contributed by atoms with van der Waals surface area (Å²) in [5.74, 6) is -1.49. The molecule has 0 aromatic heterocycles. The molecule has 1 heterocycles. The quantitative estimate of drug-likeness (QED) is 0.407. The monoisotopic (exact) mass is 412 g/mol. The number of nitrogens with zero attached hydrogens (tertiary/aromatic N) is 2. The zero-order valence-corrected chi connectivity index (χ0v) is 16.5.